The Morgan fingerprint density at radius 2 is 1.72 bits per heavy atom. The van der Waals surface area contributed by atoms with Crippen LogP contribution in [0.1, 0.15) is 5.56 Å². The molecule has 0 saturated carbocycles. The van der Waals surface area contributed by atoms with Crippen molar-refractivity contribution in [2.75, 3.05) is 33.4 Å². The van der Waals surface area contributed by atoms with Gasteiger partial charge in [-0.3, -0.25) is 0 Å². The molecule has 0 aliphatic heterocycles. The molecule has 0 aliphatic rings. The van der Waals surface area contributed by atoms with Crippen molar-refractivity contribution in [1.29, 1.82) is 0 Å². The Bertz CT molecular complexity index is 352. The largest absolute Gasteiger partial charge is 0.494 e. The normalized spacial score (nSPS) is 10.7. The van der Waals surface area contributed by atoms with E-state index in [0.29, 0.717) is 6.54 Å². The minimum absolute atomic E-state index is 0.179. The fourth-order valence-electron chi connectivity index (χ4n) is 1.52. The fraction of sp³-hybridized carbons (Fsp3) is 0.500. The summed E-state index contributed by atoms with van der Waals surface area (Å²) in [5.41, 5.74) is 1.18. The molecule has 0 bridgehead atoms. The summed E-state index contributed by atoms with van der Waals surface area (Å²) < 4.78 is 7.13. The van der Waals surface area contributed by atoms with E-state index in [1.165, 1.54) is 5.56 Å². The number of aliphatic hydroxyl groups excluding tert-OH is 1. The zero-order valence-corrected chi connectivity index (χ0v) is 13.5. The summed E-state index contributed by atoms with van der Waals surface area (Å²) in [4.78, 5) is 0. The average Bonchev–Trinajstić information content (AvgIpc) is 2.33. The van der Waals surface area contributed by atoms with Gasteiger partial charge in [-0.05, 0) is 49.6 Å². The Morgan fingerprint density at radius 1 is 1.11 bits per heavy atom. The van der Waals surface area contributed by atoms with Gasteiger partial charge < -0.3 is 20.5 Å². The molecular weight excluding hydrogens is 364 g/mol. The van der Waals surface area contributed by atoms with Crippen LogP contribution in [0.15, 0.2) is 21.1 Å². The van der Waals surface area contributed by atoms with Crippen molar-refractivity contribution >= 4 is 31.9 Å². The lowest BCUT2D eigenvalue weighted by atomic mass is 10.2. The standard InChI is InChI=1S/C12H18Br2N2O2/c1-18-12-10(13)6-9(7-11(12)14)8-16-3-2-15-4-5-17/h6-7,15-17H,2-5,8H2,1H3. The molecule has 102 valence electrons. The first-order valence-corrected chi connectivity index (χ1v) is 7.32. The third-order valence-electron chi connectivity index (χ3n) is 2.36. The first-order chi connectivity index (χ1) is 8.69. The van der Waals surface area contributed by atoms with Crippen molar-refractivity contribution in [2.24, 2.45) is 0 Å². The van der Waals surface area contributed by atoms with Crippen LogP contribution in [0.3, 0.4) is 0 Å². The number of ether oxygens (including phenoxy) is 1. The molecule has 0 unspecified atom stereocenters. The minimum atomic E-state index is 0.179. The molecule has 1 aromatic rings. The number of aliphatic hydroxyl groups is 1. The van der Waals surface area contributed by atoms with Crippen LogP contribution in [0.25, 0.3) is 0 Å². The lowest BCUT2D eigenvalue weighted by Crippen LogP contribution is -2.28. The summed E-state index contributed by atoms with van der Waals surface area (Å²) in [5.74, 6) is 0.809. The zero-order valence-electron chi connectivity index (χ0n) is 10.3. The number of methoxy groups -OCH3 is 1. The topological polar surface area (TPSA) is 53.5 Å². The van der Waals surface area contributed by atoms with Crippen molar-refractivity contribution < 1.29 is 9.84 Å². The number of nitrogens with one attached hydrogen (secondary N) is 2. The van der Waals surface area contributed by atoms with Crippen molar-refractivity contribution in [3.05, 3.63) is 26.6 Å². The Labute approximate surface area is 124 Å². The first-order valence-electron chi connectivity index (χ1n) is 5.73. The highest BCUT2D eigenvalue weighted by molar-refractivity contribution is 9.11. The van der Waals surface area contributed by atoms with Crippen molar-refractivity contribution in [2.45, 2.75) is 6.54 Å². The van der Waals surface area contributed by atoms with E-state index in [-0.39, 0.29) is 6.61 Å². The number of rotatable bonds is 8. The maximum atomic E-state index is 8.61. The molecule has 0 atom stereocenters. The molecular formula is C12H18Br2N2O2. The first kappa shape index (κ1) is 15.9. The molecule has 6 heteroatoms. The summed E-state index contributed by atoms with van der Waals surface area (Å²) in [6.07, 6.45) is 0. The van der Waals surface area contributed by atoms with Gasteiger partial charge >= 0.3 is 0 Å². The molecule has 1 aromatic carbocycles. The highest BCUT2D eigenvalue weighted by Gasteiger charge is 2.07. The summed E-state index contributed by atoms with van der Waals surface area (Å²) >= 11 is 6.96. The average molecular weight is 382 g/mol. The van der Waals surface area contributed by atoms with Gasteiger partial charge in [-0.1, -0.05) is 0 Å². The Hall–Kier alpha value is -0.140. The monoisotopic (exact) mass is 380 g/mol. The van der Waals surface area contributed by atoms with Gasteiger partial charge in [0.15, 0.2) is 0 Å². The van der Waals surface area contributed by atoms with Gasteiger partial charge in [-0.25, -0.2) is 0 Å². The molecule has 18 heavy (non-hydrogen) atoms. The quantitative estimate of drug-likeness (QED) is 0.602. The van der Waals surface area contributed by atoms with Crippen LogP contribution >= 0.6 is 31.9 Å². The van der Waals surface area contributed by atoms with E-state index in [1.807, 2.05) is 12.1 Å². The van der Waals surface area contributed by atoms with Crippen LogP contribution in [0, 0.1) is 0 Å². The Morgan fingerprint density at radius 3 is 2.28 bits per heavy atom. The third kappa shape index (κ3) is 5.24. The van der Waals surface area contributed by atoms with E-state index in [1.54, 1.807) is 7.11 Å². The second-order valence-electron chi connectivity index (χ2n) is 3.74. The van der Waals surface area contributed by atoms with Gasteiger partial charge in [0.2, 0.25) is 0 Å². The molecule has 0 spiro atoms. The van der Waals surface area contributed by atoms with Crippen LogP contribution < -0.4 is 15.4 Å². The summed E-state index contributed by atoms with van der Waals surface area (Å²) in [7, 11) is 1.65. The van der Waals surface area contributed by atoms with Gasteiger partial charge in [0.05, 0.1) is 22.7 Å². The van der Waals surface area contributed by atoms with Gasteiger partial charge in [0, 0.05) is 26.2 Å². The molecule has 3 N–H and O–H groups in total. The van der Waals surface area contributed by atoms with E-state index >= 15 is 0 Å². The van der Waals surface area contributed by atoms with E-state index in [2.05, 4.69) is 42.5 Å². The predicted octanol–water partition coefficient (Wildman–Crippen LogP) is 1.89. The number of hydrogen-bond acceptors (Lipinski definition) is 4. The fourth-order valence-corrected chi connectivity index (χ4v) is 3.13. The van der Waals surface area contributed by atoms with Gasteiger partial charge in [0.1, 0.15) is 5.75 Å². The number of benzene rings is 1. The van der Waals surface area contributed by atoms with Gasteiger partial charge in [-0.15, -0.1) is 0 Å². The number of hydrogen-bond donors (Lipinski definition) is 3. The highest BCUT2D eigenvalue weighted by Crippen LogP contribution is 2.34. The van der Waals surface area contributed by atoms with Crippen LogP contribution in [0.2, 0.25) is 0 Å². The van der Waals surface area contributed by atoms with E-state index < -0.39 is 0 Å². The third-order valence-corrected chi connectivity index (χ3v) is 3.54. The predicted molar refractivity (Wildman–Crippen MR) is 80.1 cm³/mol. The van der Waals surface area contributed by atoms with E-state index in [0.717, 1.165) is 34.3 Å². The Balaban J connectivity index is 2.39. The van der Waals surface area contributed by atoms with Crippen LogP contribution in [0.5, 0.6) is 5.75 Å². The number of halogens is 2. The second-order valence-corrected chi connectivity index (χ2v) is 5.45. The molecule has 0 amide bonds. The lowest BCUT2D eigenvalue weighted by molar-refractivity contribution is 0.292. The molecule has 1 rings (SSSR count). The van der Waals surface area contributed by atoms with E-state index in [4.69, 9.17) is 9.84 Å². The Kier molecular flexibility index (Phi) is 7.85. The van der Waals surface area contributed by atoms with Crippen molar-refractivity contribution in [3.63, 3.8) is 0 Å². The molecule has 0 aromatic heterocycles. The smallest absolute Gasteiger partial charge is 0.147 e. The second kappa shape index (κ2) is 8.87. The molecule has 0 radical (unpaired) electrons. The van der Waals surface area contributed by atoms with Crippen LogP contribution in [0.4, 0.5) is 0 Å². The van der Waals surface area contributed by atoms with Crippen molar-refractivity contribution in [1.82, 2.24) is 10.6 Å². The molecule has 0 saturated heterocycles. The molecule has 0 aliphatic carbocycles. The summed E-state index contributed by atoms with van der Waals surface area (Å²) in [5, 5.41) is 15.0. The van der Waals surface area contributed by atoms with Gasteiger partial charge in [-0.2, -0.15) is 0 Å². The highest BCUT2D eigenvalue weighted by atomic mass is 79.9. The zero-order chi connectivity index (χ0) is 13.4. The molecule has 0 heterocycles. The van der Waals surface area contributed by atoms with Crippen molar-refractivity contribution in [3.8, 4) is 5.75 Å². The minimum Gasteiger partial charge on any atom is -0.494 e. The lowest BCUT2D eigenvalue weighted by Gasteiger charge is -2.10. The molecule has 4 nitrogen and oxygen atoms in total. The summed E-state index contributed by atoms with van der Waals surface area (Å²) in [6.45, 7) is 3.32. The molecule has 0 fully saturated rings. The van der Waals surface area contributed by atoms with E-state index in [9.17, 15) is 0 Å². The maximum absolute atomic E-state index is 8.61. The van der Waals surface area contributed by atoms with Crippen LogP contribution in [-0.4, -0.2) is 38.5 Å². The SMILES string of the molecule is COc1c(Br)cc(CNCCNCCO)cc1Br. The summed E-state index contributed by atoms with van der Waals surface area (Å²) in [6, 6.07) is 4.08. The maximum Gasteiger partial charge on any atom is 0.147 e. The van der Waals surface area contributed by atoms with Crippen LogP contribution in [-0.2, 0) is 6.54 Å². The van der Waals surface area contributed by atoms with Gasteiger partial charge in [0.25, 0.3) is 0 Å².